The van der Waals surface area contributed by atoms with Crippen LogP contribution in [0.5, 0.6) is 0 Å². The molecule has 0 fully saturated rings. The minimum absolute atomic E-state index is 0. The molecule has 1 aromatic rings. The molecule has 1 heterocycles. The van der Waals surface area contributed by atoms with Crippen molar-refractivity contribution < 1.29 is 5.11 Å². The molecule has 0 aromatic carbocycles. The Hall–Kier alpha value is -0.310. The van der Waals surface area contributed by atoms with Gasteiger partial charge in [-0.05, 0) is 11.6 Å². The van der Waals surface area contributed by atoms with Crippen LogP contribution in [0.25, 0.3) is 0 Å². The Balaban J connectivity index is 0.000001000. The molecule has 0 radical (unpaired) electrons. The van der Waals surface area contributed by atoms with Crippen molar-refractivity contribution in [2.45, 2.75) is 6.10 Å². The zero-order valence-electron chi connectivity index (χ0n) is 5.77. The molecule has 1 atom stereocenters. The average Bonchev–Trinajstić information content (AvgIpc) is 2.05. The Morgan fingerprint density at radius 3 is 2.82 bits per heavy atom. The maximum absolute atomic E-state index is 9.16. The molecule has 4 heteroatoms. The van der Waals surface area contributed by atoms with Crippen molar-refractivity contribution in [2.24, 2.45) is 0 Å². The summed E-state index contributed by atoms with van der Waals surface area (Å²) in [6.07, 6.45) is 2.67. The second kappa shape index (κ2) is 5.35. The summed E-state index contributed by atoms with van der Waals surface area (Å²) in [6.45, 7) is 0. The maximum atomic E-state index is 9.16. The minimum atomic E-state index is -0.588. The van der Waals surface area contributed by atoms with Gasteiger partial charge in [-0.2, -0.15) is 0 Å². The molecule has 62 valence electrons. The first-order valence-corrected chi connectivity index (χ1v) is 3.52. The highest BCUT2D eigenvalue weighted by Crippen LogP contribution is 2.11. The highest BCUT2D eigenvalue weighted by atomic mass is 35.5. The van der Waals surface area contributed by atoms with Crippen LogP contribution in [0.3, 0.4) is 0 Å². The highest BCUT2D eigenvalue weighted by molar-refractivity contribution is 6.18. The summed E-state index contributed by atoms with van der Waals surface area (Å²) in [6, 6.07) is 3.56. The van der Waals surface area contributed by atoms with Crippen molar-refractivity contribution in [1.82, 2.24) is 4.98 Å². The van der Waals surface area contributed by atoms with Crippen LogP contribution in [-0.2, 0) is 0 Å². The summed E-state index contributed by atoms with van der Waals surface area (Å²) >= 11 is 5.41. The predicted octanol–water partition coefficient (Wildman–Crippen LogP) is 1.78. The summed E-state index contributed by atoms with van der Waals surface area (Å²) in [7, 11) is 0. The first kappa shape index (κ1) is 10.7. The van der Waals surface area contributed by atoms with E-state index in [4.69, 9.17) is 16.7 Å². The molecule has 0 aliphatic rings. The lowest BCUT2D eigenvalue weighted by Gasteiger charge is -2.03. The van der Waals surface area contributed by atoms with Gasteiger partial charge in [0.1, 0.15) is 0 Å². The summed E-state index contributed by atoms with van der Waals surface area (Å²) in [5, 5.41) is 9.16. The van der Waals surface area contributed by atoms with Crippen LogP contribution in [0, 0.1) is 0 Å². The summed E-state index contributed by atoms with van der Waals surface area (Å²) in [5.41, 5.74) is 0.762. The Kier molecular flexibility index (Phi) is 5.20. The zero-order valence-corrected chi connectivity index (χ0v) is 7.35. The highest BCUT2D eigenvalue weighted by Gasteiger charge is 2.03. The topological polar surface area (TPSA) is 33.1 Å². The molecule has 1 rings (SSSR count). The van der Waals surface area contributed by atoms with Gasteiger partial charge in [-0.25, -0.2) is 0 Å². The third kappa shape index (κ3) is 3.06. The summed E-state index contributed by atoms with van der Waals surface area (Å²) in [4.78, 5) is 3.84. The fraction of sp³-hybridized carbons (Fsp3) is 0.286. The second-order valence-electron chi connectivity index (χ2n) is 1.96. The monoisotopic (exact) mass is 193 g/mol. The number of pyridine rings is 1. The van der Waals surface area contributed by atoms with Crippen molar-refractivity contribution >= 4 is 24.0 Å². The molecule has 0 spiro atoms. The van der Waals surface area contributed by atoms with Crippen molar-refractivity contribution in [2.75, 3.05) is 5.88 Å². The van der Waals surface area contributed by atoms with Crippen LogP contribution < -0.4 is 0 Å². The summed E-state index contributed by atoms with van der Waals surface area (Å²) < 4.78 is 0. The van der Waals surface area contributed by atoms with E-state index in [1.807, 2.05) is 0 Å². The van der Waals surface area contributed by atoms with Crippen LogP contribution in [-0.4, -0.2) is 16.0 Å². The standard InChI is InChI=1S/C7H8ClNO.ClH/c8-4-7(10)6-2-1-3-9-5-6;/h1-3,5,7,10H,4H2;1H. The number of hydrogen-bond acceptors (Lipinski definition) is 2. The van der Waals surface area contributed by atoms with Gasteiger partial charge in [-0.15, -0.1) is 24.0 Å². The molecule has 2 nitrogen and oxygen atoms in total. The number of nitrogens with zero attached hydrogens (tertiary/aromatic N) is 1. The quantitative estimate of drug-likeness (QED) is 0.727. The predicted molar refractivity (Wildman–Crippen MR) is 47.2 cm³/mol. The van der Waals surface area contributed by atoms with E-state index in [2.05, 4.69) is 4.98 Å². The second-order valence-corrected chi connectivity index (χ2v) is 2.27. The fourth-order valence-electron chi connectivity index (χ4n) is 0.662. The summed E-state index contributed by atoms with van der Waals surface area (Å²) in [5.74, 6) is 0.214. The molecule has 11 heavy (non-hydrogen) atoms. The van der Waals surface area contributed by atoms with Crippen molar-refractivity contribution in [3.63, 3.8) is 0 Å². The Labute approximate surface area is 76.6 Å². The van der Waals surface area contributed by atoms with E-state index in [1.54, 1.807) is 24.5 Å². The Morgan fingerprint density at radius 2 is 2.36 bits per heavy atom. The molecule has 0 aliphatic carbocycles. The molecule has 0 amide bonds. The van der Waals surface area contributed by atoms with Crippen molar-refractivity contribution in [3.05, 3.63) is 30.1 Å². The number of halogens is 2. The van der Waals surface area contributed by atoms with E-state index >= 15 is 0 Å². The van der Waals surface area contributed by atoms with E-state index in [-0.39, 0.29) is 18.3 Å². The van der Waals surface area contributed by atoms with Crippen LogP contribution >= 0.6 is 24.0 Å². The average molecular weight is 194 g/mol. The molecule has 1 aromatic heterocycles. The Morgan fingerprint density at radius 1 is 1.64 bits per heavy atom. The first-order chi connectivity index (χ1) is 4.84. The smallest absolute Gasteiger partial charge is 0.0940 e. The fourth-order valence-corrected chi connectivity index (χ4v) is 0.840. The van der Waals surface area contributed by atoms with E-state index < -0.39 is 6.10 Å². The first-order valence-electron chi connectivity index (χ1n) is 2.98. The third-order valence-corrected chi connectivity index (χ3v) is 1.51. The van der Waals surface area contributed by atoms with E-state index in [1.165, 1.54) is 0 Å². The van der Waals surface area contributed by atoms with Gasteiger partial charge in [0.05, 0.1) is 12.0 Å². The largest absolute Gasteiger partial charge is 0.387 e. The normalized spacial score (nSPS) is 11.8. The zero-order chi connectivity index (χ0) is 7.40. The van der Waals surface area contributed by atoms with Gasteiger partial charge in [-0.3, -0.25) is 4.98 Å². The molecule has 0 saturated heterocycles. The SMILES string of the molecule is Cl.OC(CCl)c1cccnc1. The van der Waals surface area contributed by atoms with Crippen LogP contribution in [0.15, 0.2) is 24.5 Å². The lowest BCUT2D eigenvalue weighted by Crippen LogP contribution is -1.97. The molecular weight excluding hydrogens is 185 g/mol. The van der Waals surface area contributed by atoms with Gasteiger partial charge >= 0.3 is 0 Å². The minimum Gasteiger partial charge on any atom is -0.387 e. The number of aromatic nitrogens is 1. The molecular formula is C7H9Cl2NO. The molecule has 1 unspecified atom stereocenters. The van der Waals surface area contributed by atoms with Crippen LogP contribution in [0.2, 0.25) is 0 Å². The number of aliphatic hydroxyl groups excluding tert-OH is 1. The lowest BCUT2D eigenvalue weighted by atomic mass is 10.2. The van der Waals surface area contributed by atoms with Gasteiger partial charge < -0.3 is 5.11 Å². The molecule has 1 N–H and O–H groups in total. The molecule has 0 aliphatic heterocycles. The van der Waals surface area contributed by atoms with Gasteiger partial charge in [0.15, 0.2) is 0 Å². The van der Waals surface area contributed by atoms with Gasteiger partial charge in [-0.1, -0.05) is 6.07 Å². The lowest BCUT2D eigenvalue weighted by molar-refractivity contribution is 0.202. The van der Waals surface area contributed by atoms with Crippen molar-refractivity contribution in [1.29, 1.82) is 0 Å². The molecule has 0 saturated carbocycles. The maximum Gasteiger partial charge on any atom is 0.0940 e. The molecule has 0 bridgehead atoms. The Bertz CT molecular complexity index is 193. The van der Waals surface area contributed by atoms with Crippen molar-refractivity contribution in [3.8, 4) is 0 Å². The number of aliphatic hydroxyl groups is 1. The van der Waals surface area contributed by atoms with Gasteiger partial charge in [0, 0.05) is 12.4 Å². The van der Waals surface area contributed by atoms with E-state index in [9.17, 15) is 0 Å². The van der Waals surface area contributed by atoms with E-state index in [0.29, 0.717) is 0 Å². The van der Waals surface area contributed by atoms with E-state index in [0.717, 1.165) is 5.56 Å². The van der Waals surface area contributed by atoms with Crippen LogP contribution in [0.4, 0.5) is 0 Å². The number of hydrogen-bond donors (Lipinski definition) is 1. The third-order valence-electron chi connectivity index (χ3n) is 1.22. The number of rotatable bonds is 2. The van der Waals surface area contributed by atoms with Gasteiger partial charge in [0.2, 0.25) is 0 Å². The number of alkyl halides is 1. The van der Waals surface area contributed by atoms with Crippen LogP contribution in [0.1, 0.15) is 11.7 Å². The van der Waals surface area contributed by atoms with Gasteiger partial charge in [0.25, 0.3) is 0 Å².